The molecule has 0 aromatic carbocycles. The molecule has 0 spiro atoms. The summed E-state index contributed by atoms with van der Waals surface area (Å²) in [7, 11) is 0. The van der Waals surface area contributed by atoms with Gasteiger partial charge >= 0.3 is 0 Å². The van der Waals surface area contributed by atoms with Crippen molar-refractivity contribution < 1.29 is 0 Å². The fourth-order valence-corrected chi connectivity index (χ4v) is 4.23. The molecule has 0 nitrogen and oxygen atoms in total. The largest absolute Gasteiger partial charge is 0.0843 e. The molecule has 0 aliphatic heterocycles. The second-order valence-corrected chi connectivity index (χ2v) is 9.65. The molecule has 0 fully saturated rings. The Morgan fingerprint density at radius 1 is 0.433 bits per heavy atom. The average molecular weight is 419 g/mol. The van der Waals surface area contributed by atoms with Gasteiger partial charge in [-0.05, 0) is 32.6 Å². The van der Waals surface area contributed by atoms with E-state index in [1.807, 2.05) is 0 Å². The van der Waals surface area contributed by atoms with Crippen LogP contribution >= 0.6 is 0 Å². The summed E-state index contributed by atoms with van der Waals surface area (Å²) >= 11 is 0. The Bertz CT molecular complexity index is 362. The summed E-state index contributed by atoms with van der Waals surface area (Å²) in [6.45, 7) is 6.87. The molecule has 0 N–H and O–H groups in total. The zero-order valence-electron chi connectivity index (χ0n) is 21.5. The van der Waals surface area contributed by atoms with E-state index < -0.39 is 0 Å². The Balaban J connectivity index is 3.31. The first-order valence-corrected chi connectivity index (χ1v) is 14.1. The molecule has 0 aliphatic carbocycles. The topological polar surface area (TPSA) is 0 Å². The van der Waals surface area contributed by atoms with Gasteiger partial charge in [-0.3, -0.25) is 0 Å². The third-order valence-corrected chi connectivity index (χ3v) is 6.38. The molecule has 0 rings (SSSR count). The molecule has 178 valence electrons. The maximum atomic E-state index is 2.45. The Hall–Kier alpha value is -0.520. The third kappa shape index (κ3) is 25.5. The zero-order valence-corrected chi connectivity index (χ0v) is 21.5. The van der Waals surface area contributed by atoms with E-state index in [1.165, 1.54) is 153 Å². The molecule has 0 heteroatoms. The summed E-state index contributed by atoms with van der Waals surface area (Å²) in [5, 5.41) is 0. The van der Waals surface area contributed by atoms with Crippen LogP contribution in [0.15, 0.2) is 23.8 Å². The highest BCUT2D eigenvalue weighted by Gasteiger charge is 1.94. The minimum Gasteiger partial charge on any atom is -0.0843 e. The molecule has 30 heavy (non-hydrogen) atoms. The Morgan fingerprint density at radius 3 is 1.17 bits per heavy atom. The van der Waals surface area contributed by atoms with Gasteiger partial charge in [0, 0.05) is 0 Å². The number of hydrogen-bond acceptors (Lipinski definition) is 0. The lowest BCUT2D eigenvalue weighted by Gasteiger charge is -2.02. The molecule has 0 saturated carbocycles. The first kappa shape index (κ1) is 29.5. The first-order valence-electron chi connectivity index (χ1n) is 14.1. The molecular weight excluding hydrogens is 360 g/mol. The van der Waals surface area contributed by atoms with Gasteiger partial charge in [-0.2, -0.15) is 0 Å². The van der Waals surface area contributed by atoms with Crippen molar-refractivity contribution in [2.45, 2.75) is 168 Å². The second-order valence-electron chi connectivity index (χ2n) is 9.65. The van der Waals surface area contributed by atoms with Crippen molar-refractivity contribution in [3.63, 3.8) is 0 Å². The van der Waals surface area contributed by atoms with Crippen molar-refractivity contribution in [3.05, 3.63) is 23.8 Å². The van der Waals surface area contributed by atoms with Crippen molar-refractivity contribution in [2.24, 2.45) is 0 Å². The minimum atomic E-state index is 1.26. The van der Waals surface area contributed by atoms with Crippen LogP contribution in [0.1, 0.15) is 168 Å². The summed E-state index contributed by atoms with van der Waals surface area (Å²) in [4.78, 5) is 0. The summed E-state index contributed by atoms with van der Waals surface area (Å²) in [6.07, 6.45) is 39.8. The maximum absolute atomic E-state index is 2.45. The summed E-state index contributed by atoms with van der Waals surface area (Å²) < 4.78 is 0. The first-order chi connectivity index (χ1) is 14.8. The van der Waals surface area contributed by atoms with Crippen LogP contribution in [0.25, 0.3) is 0 Å². The molecular formula is C30H58. The number of hydrogen-bond donors (Lipinski definition) is 0. The second kappa shape index (κ2) is 26.5. The Morgan fingerprint density at radius 2 is 0.767 bits per heavy atom. The van der Waals surface area contributed by atoms with E-state index in [0.717, 1.165) is 0 Å². The zero-order chi connectivity index (χ0) is 22.0. The standard InChI is InChI=1S/C30H58/c1-4-6-8-10-12-14-16-18-20-22-24-26-28-30(3)29-27-25-23-21-19-17-15-13-11-9-7-5-2/h26,28-29H,4-25,27H2,1-3H3. The van der Waals surface area contributed by atoms with Gasteiger partial charge in [0.05, 0.1) is 0 Å². The highest BCUT2D eigenvalue weighted by Crippen LogP contribution is 2.14. The Kier molecular flexibility index (Phi) is 26.1. The van der Waals surface area contributed by atoms with Crippen LogP contribution in [0, 0.1) is 0 Å². The van der Waals surface area contributed by atoms with Gasteiger partial charge in [-0.1, -0.05) is 160 Å². The van der Waals surface area contributed by atoms with Crippen LogP contribution < -0.4 is 0 Å². The maximum Gasteiger partial charge on any atom is -0.0345 e. The quantitative estimate of drug-likeness (QED) is 0.108. The third-order valence-electron chi connectivity index (χ3n) is 6.38. The van der Waals surface area contributed by atoms with Gasteiger partial charge in [0.15, 0.2) is 0 Å². The van der Waals surface area contributed by atoms with E-state index >= 15 is 0 Å². The predicted molar refractivity (Wildman–Crippen MR) is 140 cm³/mol. The van der Waals surface area contributed by atoms with Crippen LogP contribution in [0.4, 0.5) is 0 Å². The summed E-state index contributed by atoms with van der Waals surface area (Å²) in [6, 6.07) is 0. The predicted octanol–water partition coefficient (Wildman–Crippen LogP) is 11.5. The van der Waals surface area contributed by atoms with Crippen LogP contribution in [0.2, 0.25) is 0 Å². The van der Waals surface area contributed by atoms with Crippen molar-refractivity contribution >= 4 is 0 Å². The van der Waals surface area contributed by atoms with E-state index in [9.17, 15) is 0 Å². The molecule has 0 unspecified atom stereocenters. The van der Waals surface area contributed by atoms with Crippen molar-refractivity contribution in [3.8, 4) is 0 Å². The van der Waals surface area contributed by atoms with Crippen LogP contribution in [-0.4, -0.2) is 0 Å². The van der Waals surface area contributed by atoms with Gasteiger partial charge in [-0.15, -0.1) is 0 Å². The van der Waals surface area contributed by atoms with Crippen LogP contribution in [0.5, 0.6) is 0 Å². The van der Waals surface area contributed by atoms with Gasteiger partial charge in [-0.25, -0.2) is 0 Å². The number of rotatable bonds is 24. The Labute approximate surface area is 192 Å². The normalized spacial score (nSPS) is 12.3. The molecule has 0 aromatic heterocycles. The lowest BCUT2D eigenvalue weighted by molar-refractivity contribution is 0.550. The average Bonchev–Trinajstić information content (AvgIpc) is 2.75. The van der Waals surface area contributed by atoms with Crippen LogP contribution in [-0.2, 0) is 0 Å². The van der Waals surface area contributed by atoms with Gasteiger partial charge in [0.1, 0.15) is 0 Å². The lowest BCUT2D eigenvalue weighted by Crippen LogP contribution is -1.82. The molecule has 0 bridgehead atoms. The van der Waals surface area contributed by atoms with E-state index in [0.29, 0.717) is 0 Å². The van der Waals surface area contributed by atoms with E-state index in [2.05, 4.69) is 39.0 Å². The fourth-order valence-electron chi connectivity index (χ4n) is 4.23. The SMILES string of the molecule is CCCCCCCCCCCCC=CC(C)=CCCCCCCCCCCCCC. The lowest BCUT2D eigenvalue weighted by atomic mass is 10.0. The molecule has 0 aliphatic rings. The highest BCUT2D eigenvalue weighted by atomic mass is 14.0. The van der Waals surface area contributed by atoms with Gasteiger partial charge in [0.25, 0.3) is 0 Å². The molecule has 0 saturated heterocycles. The molecule has 0 atom stereocenters. The van der Waals surface area contributed by atoms with Crippen molar-refractivity contribution in [1.82, 2.24) is 0 Å². The fraction of sp³-hybridized carbons (Fsp3) is 0.867. The molecule has 0 radical (unpaired) electrons. The van der Waals surface area contributed by atoms with Crippen LogP contribution in [0.3, 0.4) is 0 Å². The molecule has 0 amide bonds. The van der Waals surface area contributed by atoms with Gasteiger partial charge in [0.2, 0.25) is 0 Å². The van der Waals surface area contributed by atoms with E-state index in [1.54, 1.807) is 0 Å². The smallest absolute Gasteiger partial charge is 0.0345 e. The molecule has 0 aromatic rings. The number of unbranched alkanes of at least 4 members (excludes halogenated alkanes) is 21. The summed E-state index contributed by atoms with van der Waals surface area (Å²) in [5.74, 6) is 0. The van der Waals surface area contributed by atoms with Crippen molar-refractivity contribution in [2.75, 3.05) is 0 Å². The monoisotopic (exact) mass is 418 g/mol. The highest BCUT2D eigenvalue weighted by molar-refractivity contribution is 5.15. The van der Waals surface area contributed by atoms with E-state index in [-0.39, 0.29) is 0 Å². The molecule has 0 heterocycles. The summed E-state index contributed by atoms with van der Waals surface area (Å²) in [5.41, 5.74) is 1.47. The van der Waals surface area contributed by atoms with Gasteiger partial charge < -0.3 is 0 Å². The minimum absolute atomic E-state index is 1.26. The van der Waals surface area contributed by atoms with E-state index in [4.69, 9.17) is 0 Å². The number of allylic oxidation sites excluding steroid dienone is 4. The van der Waals surface area contributed by atoms with Crippen molar-refractivity contribution in [1.29, 1.82) is 0 Å².